The van der Waals surface area contributed by atoms with E-state index in [2.05, 4.69) is 219 Å². The molecule has 64 heavy (non-hydrogen) atoms. The van der Waals surface area contributed by atoms with Gasteiger partial charge in [-0.2, -0.15) is 0 Å². The van der Waals surface area contributed by atoms with Crippen LogP contribution < -0.4 is 9.64 Å². The van der Waals surface area contributed by atoms with Crippen LogP contribution >= 0.6 is 0 Å². The molecule has 3 nitrogen and oxygen atoms in total. The van der Waals surface area contributed by atoms with Crippen molar-refractivity contribution >= 4 is 49.8 Å². The Bertz CT molecular complexity index is 3670. The van der Waals surface area contributed by atoms with Crippen LogP contribution in [0.2, 0.25) is 0 Å². The number of benzene rings is 10. The Morgan fingerprint density at radius 3 is 1.88 bits per heavy atom. The van der Waals surface area contributed by atoms with Crippen molar-refractivity contribution in [1.29, 1.82) is 0 Å². The van der Waals surface area contributed by atoms with Gasteiger partial charge in [-0.15, -0.1) is 0 Å². The topological polar surface area (TPSA) is 25.6 Å². The maximum absolute atomic E-state index is 7.05. The zero-order valence-corrected chi connectivity index (χ0v) is 35.5. The van der Waals surface area contributed by atoms with Crippen LogP contribution in [0.15, 0.2) is 217 Å². The highest BCUT2D eigenvalue weighted by Gasteiger charge is 2.36. The molecule has 0 spiro atoms. The fraction of sp³-hybridized carbons (Fsp3) is 0.0492. The monoisotopic (exact) mass is 819 g/mol. The van der Waals surface area contributed by atoms with E-state index in [4.69, 9.17) is 9.15 Å². The molecule has 2 heterocycles. The Morgan fingerprint density at radius 2 is 1.00 bits per heavy atom. The molecule has 0 saturated carbocycles. The smallest absolute Gasteiger partial charge is 0.143 e. The van der Waals surface area contributed by atoms with Crippen molar-refractivity contribution in [3.8, 4) is 67.1 Å². The Balaban J connectivity index is 1.02. The molecule has 11 aromatic rings. The van der Waals surface area contributed by atoms with Gasteiger partial charge in [0.2, 0.25) is 0 Å². The predicted octanol–water partition coefficient (Wildman–Crippen LogP) is 17.3. The third-order valence-corrected chi connectivity index (χ3v) is 13.7. The third-order valence-electron chi connectivity index (χ3n) is 13.7. The minimum absolute atomic E-state index is 0.164. The van der Waals surface area contributed by atoms with E-state index in [-0.39, 0.29) is 5.41 Å². The quantitative estimate of drug-likeness (QED) is 0.173. The number of fused-ring (bicyclic) bond motifs is 12. The minimum Gasteiger partial charge on any atom is -0.456 e. The van der Waals surface area contributed by atoms with Gasteiger partial charge < -0.3 is 14.1 Å². The van der Waals surface area contributed by atoms with Gasteiger partial charge in [0.05, 0.1) is 0 Å². The average molecular weight is 820 g/mol. The molecular formula is C61H41NO2. The second kappa shape index (κ2) is 13.9. The van der Waals surface area contributed by atoms with E-state index in [0.29, 0.717) is 0 Å². The van der Waals surface area contributed by atoms with E-state index >= 15 is 0 Å². The molecule has 302 valence electrons. The molecule has 0 amide bonds. The third kappa shape index (κ3) is 5.54. The largest absolute Gasteiger partial charge is 0.456 e. The molecular weight excluding hydrogens is 779 g/mol. The van der Waals surface area contributed by atoms with Gasteiger partial charge in [0.25, 0.3) is 0 Å². The molecule has 0 N–H and O–H groups in total. The molecule has 0 radical (unpaired) electrons. The molecule has 1 aliphatic carbocycles. The summed E-state index contributed by atoms with van der Waals surface area (Å²) in [6, 6.07) is 76.7. The fourth-order valence-corrected chi connectivity index (χ4v) is 10.5. The van der Waals surface area contributed by atoms with Crippen molar-refractivity contribution in [3.05, 3.63) is 223 Å². The summed E-state index contributed by atoms with van der Waals surface area (Å²) in [4.78, 5) is 2.41. The van der Waals surface area contributed by atoms with Gasteiger partial charge >= 0.3 is 0 Å². The Hall–Kier alpha value is -8.14. The zero-order chi connectivity index (χ0) is 42.5. The number of anilines is 3. The van der Waals surface area contributed by atoms with Gasteiger partial charge in [-0.1, -0.05) is 166 Å². The summed E-state index contributed by atoms with van der Waals surface area (Å²) in [5, 5.41) is 4.58. The Labute approximate surface area is 372 Å². The summed E-state index contributed by atoms with van der Waals surface area (Å²) in [5.74, 6) is 1.67. The Morgan fingerprint density at radius 1 is 0.375 bits per heavy atom. The normalized spacial score (nSPS) is 13.1. The maximum Gasteiger partial charge on any atom is 0.143 e. The first-order valence-corrected chi connectivity index (χ1v) is 22.1. The first-order chi connectivity index (χ1) is 31.5. The molecule has 0 saturated heterocycles. The molecule has 10 aromatic carbocycles. The van der Waals surface area contributed by atoms with Gasteiger partial charge in [-0.3, -0.25) is 0 Å². The molecule has 0 atom stereocenters. The van der Waals surface area contributed by atoms with Gasteiger partial charge in [0.1, 0.15) is 22.7 Å². The highest BCUT2D eigenvalue weighted by molar-refractivity contribution is 6.10. The standard InChI is InChI=1S/C61H41NO2/c1-61(2)54-24-10-8-18-47(54)48-32-30-44(37-55(48)61)62(42-28-26-39(27-29-42)46-21-13-23-51-49-19-9-11-25-56(49)64-60(46)51)43-31-33-57-53(36-43)59-45(38-14-4-3-5-15-38)20-12-22-50(59)52-34-40-16-6-7-17-41(40)35-58(52)63-57/h3-37H,1-2H3. The Kier molecular flexibility index (Phi) is 7.95. The van der Waals surface area contributed by atoms with E-state index < -0.39 is 0 Å². The summed E-state index contributed by atoms with van der Waals surface area (Å²) >= 11 is 0. The van der Waals surface area contributed by atoms with Crippen LogP contribution in [0.5, 0.6) is 11.5 Å². The highest BCUT2D eigenvalue weighted by Crippen LogP contribution is 2.54. The molecule has 0 bridgehead atoms. The lowest BCUT2D eigenvalue weighted by atomic mass is 9.82. The van der Waals surface area contributed by atoms with Crippen molar-refractivity contribution in [3.63, 3.8) is 0 Å². The van der Waals surface area contributed by atoms with Crippen LogP contribution in [-0.4, -0.2) is 0 Å². The van der Waals surface area contributed by atoms with E-state index in [0.717, 1.165) is 100 Å². The number of hydrogen-bond acceptors (Lipinski definition) is 3. The van der Waals surface area contributed by atoms with Crippen LogP contribution in [0.3, 0.4) is 0 Å². The molecule has 1 aromatic heterocycles. The lowest BCUT2D eigenvalue weighted by molar-refractivity contribution is 0.488. The molecule has 0 unspecified atom stereocenters. The summed E-state index contributed by atoms with van der Waals surface area (Å²) in [6.45, 7) is 4.70. The van der Waals surface area contributed by atoms with E-state index in [1.807, 2.05) is 12.1 Å². The van der Waals surface area contributed by atoms with Gasteiger partial charge in [-0.25, -0.2) is 0 Å². The fourth-order valence-electron chi connectivity index (χ4n) is 10.5. The van der Waals surface area contributed by atoms with Gasteiger partial charge in [-0.05, 0) is 116 Å². The first-order valence-electron chi connectivity index (χ1n) is 22.1. The minimum atomic E-state index is -0.164. The molecule has 0 fully saturated rings. The maximum atomic E-state index is 7.05. The van der Waals surface area contributed by atoms with Crippen LogP contribution in [0, 0.1) is 0 Å². The number of hydrogen-bond donors (Lipinski definition) is 0. The van der Waals surface area contributed by atoms with Crippen molar-refractivity contribution in [2.24, 2.45) is 0 Å². The van der Waals surface area contributed by atoms with Crippen molar-refractivity contribution in [1.82, 2.24) is 0 Å². The second-order valence-corrected chi connectivity index (χ2v) is 17.6. The highest BCUT2D eigenvalue weighted by atomic mass is 16.5. The van der Waals surface area contributed by atoms with Crippen LogP contribution in [-0.2, 0) is 5.41 Å². The number of ether oxygens (including phenoxy) is 1. The van der Waals surface area contributed by atoms with E-state index in [9.17, 15) is 0 Å². The predicted molar refractivity (Wildman–Crippen MR) is 265 cm³/mol. The van der Waals surface area contributed by atoms with E-state index in [1.165, 1.54) is 27.6 Å². The van der Waals surface area contributed by atoms with Crippen LogP contribution in [0.1, 0.15) is 25.0 Å². The number of rotatable bonds is 5. The summed E-state index contributed by atoms with van der Waals surface area (Å²) < 4.78 is 13.5. The molecule has 1 aliphatic heterocycles. The number of nitrogens with zero attached hydrogens (tertiary/aromatic N) is 1. The van der Waals surface area contributed by atoms with Crippen LogP contribution in [0.4, 0.5) is 17.1 Å². The van der Waals surface area contributed by atoms with Crippen molar-refractivity contribution in [2.75, 3.05) is 4.90 Å². The summed E-state index contributed by atoms with van der Waals surface area (Å²) in [5.41, 5.74) is 19.0. The van der Waals surface area contributed by atoms with Crippen molar-refractivity contribution < 1.29 is 9.15 Å². The zero-order valence-electron chi connectivity index (χ0n) is 35.5. The summed E-state index contributed by atoms with van der Waals surface area (Å²) in [6.07, 6.45) is 0. The summed E-state index contributed by atoms with van der Waals surface area (Å²) in [7, 11) is 0. The average Bonchev–Trinajstić information content (AvgIpc) is 3.79. The van der Waals surface area contributed by atoms with Crippen molar-refractivity contribution in [2.45, 2.75) is 19.3 Å². The second-order valence-electron chi connectivity index (χ2n) is 17.6. The lowest BCUT2D eigenvalue weighted by Crippen LogP contribution is -2.16. The van der Waals surface area contributed by atoms with E-state index in [1.54, 1.807) is 0 Å². The van der Waals surface area contributed by atoms with Gasteiger partial charge in [0.15, 0.2) is 0 Å². The number of furan rings is 1. The SMILES string of the molecule is CC1(C)c2ccccc2-c2ccc(N(c3ccc(-c4cccc5c4oc4ccccc45)cc3)c3ccc4c(c3)-c3c(-c5ccccc5)cccc3-c3cc5ccccc5cc3O4)cc21. The lowest BCUT2D eigenvalue weighted by Gasteiger charge is -2.29. The number of para-hydroxylation sites is 2. The molecule has 2 aliphatic rings. The first kappa shape index (κ1) is 36.5. The molecule has 3 heteroatoms. The molecule has 13 rings (SSSR count). The van der Waals surface area contributed by atoms with Gasteiger partial charge in [0, 0.05) is 55.5 Å². The van der Waals surface area contributed by atoms with Crippen LogP contribution in [0.25, 0.3) is 88.3 Å².